The summed E-state index contributed by atoms with van der Waals surface area (Å²) in [5.41, 5.74) is 2.51. The highest BCUT2D eigenvalue weighted by Gasteiger charge is 2.10. The lowest BCUT2D eigenvalue weighted by Crippen LogP contribution is -2.04. The molecule has 0 bridgehead atoms. The molecule has 0 N–H and O–H groups in total. The number of hydrogen-bond donors (Lipinski definition) is 0. The summed E-state index contributed by atoms with van der Waals surface area (Å²) in [5, 5.41) is 0. The summed E-state index contributed by atoms with van der Waals surface area (Å²) in [5.74, 6) is 1.90. The van der Waals surface area contributed by atoms with E-state index in [1.807, 2.05) is 48.1 Å². The zero-order valence-corrected chi connectivity index (χ0v) is 13.6. The van der Waals surface area contributed by atoms with Crippen molar-refractivity contribution >= 4 is 6.29 Å². The molecule has 122 valence electrons. The molecule has 5 heteroatoms. The number of aryl methyl sites for hydroxylation is 1. The topological polar surface area (TPSA) is 53.4 Å². The van der Waals surface area contributed by atoms with Crippen molar-refractivity contribution in [1.29, 1.82) is 0 Å². The number of aromatic nitrogens is 2. The van der Waals surface area contributed by atoms with E-state index in [9.17, 15) is 4.79 Å². The van der Waals surface area contributed by atoms with E-state index in [1.54, 1.807) is 25.3 Å². The van der Waals surface area contributed by atoms with Crippen LogP contribution in [0.1, 0.15) is 16.2 Å². The van der Waals surface area contributed by atoms with E-state index >= 15 is 0 Å². The standard InChI is InChI=1S/C19H18N2O3/c1-21-11-16(15-6-4-3-5-7-15)20-19(21)13-24-17-9-8-14(12-22)10-18(17)23-2/h3-12H,13H2,1-2H3. The molecule has 24 heavy (non-hydrogen) atoms. The molecule has 2 aromatic carbocycles. The van der Waals surface area contributed by atoms with E-state index in [2.05, 4.69) is 4.98 Å². The summed E-state index contributed by atoms with van der Waals surface area (Å²) in [7, 11) is 3.48. The summed E-state index contributed by atoms with van der Waals surface area (Å²) >= 11 is 0. The second-order valence-electron chi connectivity index (χ2n) is 5.34. The van der Waals surface area contributed by atoms with Crippen LogP contribution in [0.25, 0.3) is 11.3 Å². The van der Waals surface area contributed by atoms with Gasteiger partial charge in [-0.2, -0.15) is 0 Å². The van der Waals surface area contributed by atoms with Crippen LogP contribution in [0.4, 0.5) is 0 Å². The summed E-state index contributed by atoms with van der Waals surface area (Å²) in [4.78, 5) is 15.5. The van der Waals surface area contributed by atoms with Gasteiger partial charge in [0.25, 0.3) is 0 Å². The molecule has 0 atom stereocenters. The molecule has 0 radical (unpaired) electrons. The first-order chi connectivity index (χ1) is 11.7. The average Bonchev–Trinajstić information content (AvgIpc) is 3.01. The Labute approximate surface area is 140 Å². The Hall–Kier alpha value is -3.08. The van der Waals surface area contributed by atoms with Crippen LogP contribution in [0.5, 0.6) is 11.5 Å². The maximum atomic E-state index is 10.8. The SMILES string of the molecule is COc1cc(C=O)ccc1OCc1nc(-c2ccccc2)cn1C. The number of carbonyl (C=O) groups is 1. The number of rotatable bonds is 6. The van der Waals surface area contributed by atoms with Crippen LogP contribution in [0.3, 0.4) is 0 Å². The molecule has 1 aromatic heterocycles. The smallest absolute Gasteiger partial charge is 0.161 e. The molecule has 0 saturated heterocycles. The molecule has 0 unspecified atom stereocenters. The quantitative estimate of drug-likeness (QED) is 0.652. The number of ether oxygens (including phenoxy) is 2. The fourth-order valence-corrected chi connectivity index (χ4v) is 2.41. The lowest BCUT2D eigenvalue weighted by atomic mass is 10.2. The Morgan fingerprint density at radius 1 is 1.12 bits per heavy atom. The van der Waals surface area contributed by atoms with Gasteiger partial charge in [0.1, 0.15) is 18.7 Å². The van der Waals surface area contributed by atoms with Crippen molar-refractivity contribution in [2.45, 2.75) is 6.61 Å². The van der Waals surface area contributed by atoms with Gasteiger partial charge in [0.15, 0.2) is 11.5 Å². The molecular weight excluding hydrogens is 304 g/mol. The molecule has 0 amide bonds. The van der Waals surface area contributed by atoms with Gasteiger partial charge in [0.2, 0.25) is 0 Å². The molecule has 3 aromatic rings. The molecule has 0 fully saturated rings. The van der Waals surface area contributed by atoms with Crippen molar-refractivity contribution in [1.82, 2.24) is 9.55 Å². The van der Waals surface area contributed by atoms with Crippen LogP contribution >= 0.6 is 0 Å². The molecule has 0 spiro atoms. The zero-order valence-electron chi connectivity index (χ0n) is 13.6. The molecule has 0 aliphatic rings. The van der Waals surface area contributed by atoms with Crippen LogP contribution in [0.2, 0.25) is 0 Å². The van der Waals surface area contributed by atoms with Crippen molar-refractivity contribution in [3.63, 3.8) is 0 Å². The minimum Gasteiger partial charge on any atom is -0.493 e. The lowest BCUT2D eigenvalue weighted by Gasteiger charge is -2.10. The highest BCUT2D eigenvalue weighted by atomic mass is 16.5. The third-order valence-electron chi connectivity index (χ3n) is 3.72. The van der Waals surface area contributed by atoms with Crippen LogP contribution in [0, 0.1) is 0 Å². The van der Waals surface area contributed by atoms with Crippen LogP contribution in [-0.2, 0) is 13.7 Å². The van der Waals surface area contributed by atoms with Gasteiger partial charge in [-0.05, 0) is 18.2 Å². The Morgan fingerprint density at radius 2 is 1.92 bits per heavy atom. The van der Waals surface area contributed by atoms with Gasteiger partial charge in [-0.15, -0.1) is 0 Å². The predicted molar refractivity (Wildman–Crippen MR) is 91.4 cm³/mol. The van der Waals surface area contributed by atoms with E-state index in [0.29, 0.717) is 23.7 Å². The minimum atomic E-state index is 0.306. The van der Waals surface area contributed by atoms with E-state index in [4.69, 9.17) is 9.47 Å². The number of nitrogens with zero attached hydrogens (tertiary/aromatic N) is 2. The third-order valence-corrected chi connectivity index (χ3v) is 3.72. The zero-order chi connectivity index (χ0) is 16.9. The predicted octanol–water partition coefficient (Wildman–Crippen LogP) is 3.49. The highest BCUT2D eigenvalue weighted by Crippen LogP contribution is 2.28. The average molecular weight is 322 g/mol. The van der Waals surface area contributed by atoms with Crippen molar-refractivity contribution in [2.75, 3.05) is 7.11 Å². The second-order valence-corrected chi connectivity index (χ2v) is 5.34. The number of methoxy groups -OCH3 is 1. The van der Waals surface area contributed by atoms with E-state index in [0.717, 1.165) is 23.4 Å². The molecule has 0 saturated carbocycles. The summed E-state index contributed by atoms with van der Waals surface area (Å²) in [6.45, 7) is 0.306. The number of carbonyl (C=O) groups excluding carboxylic acids is 1. The molecule has 5 nitrogen and oxygen atoms in total. The Morgan fingerprint density at radius 3 is 2.62 bits per heavy atom. The minimum absolute atomic E-state index is 0.306. The number of hydrogen-bond acceptors (Lipinski definition) is 4. The van der Waals surface area contributed by atoms with Gasteiger partial charge >= 0.3 is 0 Å². The molecule has 3 rings (SSSR count). The fraction of sp³-hybridized carbons (Fsp3) is 0.158. The summed E-state index contributed by atoms with van der Waals surface area (Å²) in [6.07, 6.45) is 2.75. The monoisotopic (exact) mass is 322 g/mol. The normalized spacial score (nSPS) is 10.4. The van der Waals surface area contributed by atoms with E-state index in [-0.39, 0.29) is 0 Å². The second kappa shape index (κ2) is 7.00. The number of imidazole rings is 1. The fourth-order valence-electron chi connectivity index (χ4n) is 2.41. The van der Waals surface area contributed by atoms with Gasteiger partial charge in [-0.3, -0.25) is 4.79 Å². The van der Waals surface area contributed by atoms with Gasteiger partial charge in [-0.25, -0.2) is 4.98 Å². The van der Waals surface area contributed by atoms with Gasteiger partial charge in [-0.1, -0.05) is 30.3 Å². The first-order valence-corrected chi connectivity index (χ1v) is 7.55. The Bertz CT molecular complexity index is 841. The van der Waals surface area contributed by atoms with Crippen molar-refractivity contribution in [3.8, 4) is 22.8 Å². The summed E-state index contributed by atoms with van der Waals surface area (Å²) < 4.78 is 13.0. The molecular formula is C19H18N2O3. The highest BCUT2D eigenvalue weighted by molar-refractivity contribution is 5.76. The Kier molecular flexibility index (Phi) is 4.61. The van der Waals surface area contributed by atoms with Crippen LogP contribution in [0.15, 0.2) is 54.7 Å². The maximum absolute atomic E-state index is 10.8. The van der Waals surface area contributed by atoms with Gasteiger partial charge in [0, 0.05) is 24.4 Å². The number of aldehydes is 1. The largest absolute Gasteiger partial charge is 0.493 e. The molecule has 0 aliphatic heterocycles. The number of benzene rings is 2. The Balaban J connectivity index is 1.78. The van der Waals surface area contributed by atoms with Crippen molar-refractivity contribution in [2.24, 2.45) is 7.05 Å². The van der Waals surface area contributed by atoms with Crippen molar-refractivity contribution < 1.29 is 14.3 Å². The molecule has 1 heterocycles. The van der Waals surface area contributed by atoms with E-state index in [1.165, 1.54) is 0 Å². The first kappa shape index (κ1) is 15.8. The van der Waals surface area contributed by atoms with Gasteiger partial charge in [0.05, 0.1) is 12.8 Å². The molecule has 0 aliphatic carbocycles. The lowest BCUT2D eigenvalue weighted by molar-refractivity contribution is 0.112. The maximum Gasteiger partial charge on any atom is 0.161 e. The van der Waals surface area contributed by atoms with Crippen molar-refractivity contribution in [3.05, 3.63) is 66.1 Å². The van der Waals surface area contributed by atoms with Gasteiger partial charge < -0.3 is 14.0 Å². The third kappa shape index (κ3) is 3.30. The van der Waals surface area contributed by atoms with Crippen LogP contribution < -0.4 is 9.47 Å². The van der Waals surface area contributed by atoms with Crippen LogP contribution in [-0.4, -0.2) is 22.9 Å². The van der Waals surface area contributed by atoms with E-state index < -0.39 is 0 Å². The summed E-state index contributed by atoms with van der Waals surface area (Å²) in [6, 6.07) is 15.1. The first-order valence-electron chi connectivity index (χ1n) is 7.55.